The molecule has 3 aromatic rings. The molecule has 12 heteroatoms. The van der Waals surface area contributed by atoms with Gasteiger partial charge in [0.15, 0.2) is 12.4 Å². The van der Waals surface area contributed by atoms with Gasteiger partial charge in [-0.2, -0.15) is 23.1 Å². The number of anilines is 1. The first-order valence-electron chi connectivity index (χ1n) is 11.2. The maximum Gasteiger partial charge on any atom is 0.422 e. The third-order valence-corrected chi connectivity index (χ3v) is 7.13. The molecule has 2 fully saturated rings. The Morgan fingerprint density at radius 1 is 1.17 bits per heavy atom. The summed E-state index contributed by atoms with van der Waals surface area (Å²) in [5, 5.41) is 13.9. The largest absolute Gasteiger partial charge is 0.454 e. The van der Waals surface area contributed by atoms with Crippen LogP contribution in [0.15, 0.2) is 24.3 Å². The molecule has 8 nitrogen and oxygen atoms in total. The van der Waals surface area contributed by atoms with Crippen molar-refractivity contribution in [2.45, 2.75) is 57.4 Å². The number of aliphatic hydroxyl groups excluding tert-OH is 1. The van der Waals surface area contributed by atoms with Crippen molar-refractivity contribution in [3.05, 3.63) is 30.0 Å². The fourth-order valence-electron chi connectivity index (χ4n) is 4.68. The van der Waals surface area contributed by atoms with Crippen LogP contribution in [0, 0.1) is 12.8 Å². The number of aliphatic hydroxyl groups is 1. The lowest BCUT2D eigenvalue weighted by Gasteiger charge is -2.24. The van der Waals surface area contributed by atoms with Gasteiger partial charge in [-0.25, -0.2) is 4.98 Å². The van der Waals surface area contributed by atoms with Gasteiger partial charge in [0.1, 0.15) is 16.9 Å². The Bertz CT molecular complexity index is 1200. The summed E-state index contributed by atoms with van der Waals surface area (Å²) in [5.74, 6) is -0.680. The van der Waals surface area contributed by atoms with Gasteiger partial charge in [-0.1, -0.05) is 12.1 Å². The predicted molar refractivity (Wildman–Crippen MR) is 123 cm³/mol. The summed E-state index contributed by atoms with van der Waals surface area (Å²) in [6.45, 7) is 3.72. The average molecular weight is 511 g/mol. The summed E-state index contributed by atoms with van der Waals surface area (Å²) in [7, 11) is 0. The lowest BCUT2D eigenvalue weighted by molar-refractivity contribution is -0.158. The molecule has 188 valence electrons. The van der Waals surface area contributed by atoms with Crippen LogP contribution >= 0.6 is 11.3 Å². The van der Waals surface area contributed by atoms with Gasteiger partial charge in [-0.15, -0.1) is 11.3 Å². The molecule has 1 aromatic carbocycles. The van der Waals surface area contributed by atoms with Gasteiger partial charge in [-0.05, 0) is 39.3 Å². The van der Waals surface area contributed by atoms with E-state index in [0.29, 0.717) is 28.5 Å². The van der Waals surface area contributed by atoms with Crippen molar-refractivity contribution in [2.24, 2.45) is 5.92 Å². The van der Waals surface area contributed by atoms with Crippen LogP contribution in [-0.2, 0) is 9.47 Å². The smallest absolute Gasteiger partial charge is 0.422 e. The number of hydrogen-bond donors (Lipinski definition) is 2. The second-order valence-corrected chi connectivity index (χ2v) is 10.2. The first-order valence-corrected chi connectivity index (χ1v) is 12.0. The van der Waals surface area contributed by atoms with Crippen molar-refractivity contribution >= 4 is 27.4 Å². The van der Waals surface area contributed by atoms with Crippen LogP contribution in [0.3, 0.4) is 0 Å². The number of thiazole rings is 1. The summed E-state index contributed by atoms with van der Waals surface area (Å²) in [5.41, 5.74) is 1.80. The Labute approximate surface area is 203 Å². The van der Waals surface area contributed by atoms with E-state index >= 15 is 0 Å². The first-order chi connectivity index (χ1) is 16.5. The standard InChI is InChI=1S/C23H25F3N4O4S/c1-11-16(20-29-13-6-4-5-7-15(13)35-20)19(30-21(27-11)32-10-23(24,25)26)28-14-8-12(9-31)17-18(14)34-22(2,3)33-17/h4-7,12,14,17-18,31H,8-10H2,1-3H3,(H,27,28,30). The molecule has 3 heterocycles. The Balaban J connectivity index is 1.53. The highest BCUT2D eigenvalue weighted by atomic mass is 32.1. The van der Waals surface area contributed by atoms with Crippen LogP contribution in [-0.4, -0.2) is 63.5 Å². The molecule has 35 heavy (non-hydrogen) atoms. The van der Waals surface area contributed by atoms with Crippen LogP contribution in [0.4, 0.5) is 19.0 Å². The van der Waals surface area contributed by atoms with Gasteiger partial charge in [0.25, 0.3) is 0 Å². The van der Waals surface area contributed by atoms with Crippen LogP contribution in [0.1, 0.15) is 26.0 Å². The number of halogens is 3. The van der Waals surface area contributed by atoms with Crippen LogP contribution < -0.4 is 10.1 Å². The Hall–Kier alpha value is -2.54. The number of para-hydroxylation sites is 1. The van der Waals surface area contributed by atoms with E-state index in [-0.39, 0.29) is 36.8 Å². The van der Waals surface area contributed by atoms with Gasteiger partial charge < -0.3 is 24.6 Å². The number of benzene rings is 1. The molecule has 1 aliphatic heterocycles. The van der Waals surface area contributed by atoms with Gasteiger partial charge in [0.2, 0.25) is 0 Å². The number of fused-ring (bicyclic) bond motifs is 2. The Kier molecular flexibility index (Phi) is 6.10. The predicted octanol–water partition coefficient (Wildman–Crippen LogP) is 4.32. The molecule has 2 aromatic heterocycles. The molecule has 1 saturated carbocycles. The summed E-state index contributed by atoms with van der Waals surface area (Å²) >= 11 is 1.44. The summed E-state index contributed by atoms with van der Waals surface area (Å²) in [6, 6.07) is 6.93. The molecule has 5 rings (SSSR count). The van der Waals surface area contributed by atoms with Crippen molar-refractivity contribution in [2.75, 3.05) is 18.5 Å². The number of aromatic nitrogens is 3. The maximum absolute atomic E-state index is 12.8. The minimum Gasteiger partial charge on any atom is -0.454 e. The highest BCUT2D eigenvalue weighted by Gasteiger charge is 2.54. The number of nitrogens with zero attached hydrogens (tertiary/aromatic N) is 3. The van der Waals surface area contributed by atoms with Crippen molar-refractivity contribution in [3.63, 3.8) is 0 Å². The van der Waals surface area contributed by atoms with E-state index in [1.54, 1.807) is 20.8 Å². The SMILES string of the molecule is Cc1nc(OCC(F)(F)F)nc(NC2CC(CO)C3OC(C)(C)OC23)c1-c1nc2ccccc2s1. The van der Waals surface area contributed by atoms with E-state index in [1.165, 1.54) is 11.3 Å². The third-order valence-electron chi connectivity index (χ3n) is 6.08. The molecule has 2 N–H and O–H groups in total. The molecule has 0 radical (unpaired) electrons. The molecular formula is C23H25F3N4O4S. The molecule has 0 amide bonds. The molecule has 0 bridgehead atoms. The molecule has 4 unspecified atom stereocenters. The lowest BCUT2D eigenvalue weighted by atomic mass is 10.1. The van der Waals surface area contributed by atoms with Gasteiger partial charge in [0.05, 0.1) is 33.6 Å². The Morgan fingerprint density at radius 2 is 1.91 bits per heavy atom. The molecule has 1 saturated heterocycles. The van der Waals surface area contributed by atoms with Crippen molar-refractivity contribution < 1.29 is 32.5 Å². The van der Waals surface area contributed by atoms with E-state index in [1.807, 2.05) is 24.3 Å². The fourth-order valence-corrected chi connectivity index (χ4v) is 5.74. The lowest BCUT2D eigenvalue weighted by Crippen LogP contribution is -2.35. The second kappa shape index (κ2) is 8.84. The van der Waals surface area contributed by atoms with E-state index < -0.39 is 18.6 Å². The summed E-state index contributed by atoms with van der Waals surface area (Å²) in [6.07, 6.45) is -4.69. The topological polar surface area (TPSA) is 98.6 Å². The maximum atomic E-state index is 12.8. The van der Waals surface area contributed by atoms with Crippen molar-refractivity contribution in [1.82, 2.24) is 15.0 Å². The second-order valence-electron chi connectivity index (χ2n) is 9.20. The summed E-state index contributed by atoms with van der Waals surface area (Å²) < 4.78 is 56.3. The van der Waals surface area contributed by atoms with Crippen LogP contribution in [0.5, 0.6) is 6.01 Å². The molecule has 4 atom stereocenters. The fraction of sp³-hybridized carbons (Fsp3) is 0.522. The van der Waals surface area contributed by atoms with Gasteiger partial charge in [-0.3, -0.25) is 0 Å². The van der Waals surface area contributed by atoms with Crippen LogP contribution in [0.25, 0.3) is 20.8 Å². The van der Waals surface area contributed by atoms with E-state index in [2.05, 4.69) is 15.3 Å². The highest BCUT2D eigenvalue weighted by Crippen LogP contribution is 2.44. The number of aryl methyl sites for hydroxylation is 1. The third kappa shape index (κ3) is 4.92. The van der Waals surface area contributed by atoms with Gasteiger partial charge in [0, 0.05) is 12.5 Å². The minimum absolute atomic E-state index is 0.0771. The number of hydrogen-bond acceptors (Lipinski definition) is 9. The molecule has 1 aliphatic carbocycles. The van der Waals surface area contributed by atoms with Crippen molar-refractivity contribution in [1.29, 1.82) is 0 Å². The number of alkyl halides is 3. The number of rotatable bonds is 6. The zero-order valence-electron chi connectivity index (χ0n) is 19.3. The number of ether oxygens (including phenoxy) is 3. The zero-order valence-corrected chi connectivity index (χ0v) is 20.1. The zero-order chi connectivity index (χ0) is 25.0. The average Bonchev–Trinajstić information content (AvgIpc) is 3.42. The van der Waals surface area contributed by atoms with Crippen LogP contribution in [0.2, 0.25) is 0 Å². The van der Waals surface area contributed by atoms with E-state index in [9.17, 15) is 18.3 Å². The van der Waals surface area contributed by atoms with E-state index in [4.69, 9.17) is 19.2 Å². The number of nitrogens with one attached hydrogen (secondary N) is 1. The molecule has 0 spiro atoms. The van der Waals surface area contributed by atoms with Gasteiger partial charge >= 0.3 is 12.2 Å². The van der Waals surface area contributed by atoms with E-state index in [0.717, 1.165) is 10.2 Å². The highest BCUT2D eigenvalue weighted by molar-refractivity contribution is 7.21. The monoisotopic (exact) mass is 510 g/mol. The Morgan fingerprint density at radius 3 is 2.63 bits per heavy atom. The quantitative estimate of drug-likeness (QED) is 0.506. The normalized spacial score (nSPS) is 25.7. The molecule has 2 aliphatic rings. The first kappa shape index (κ1) is 24.2. The minimum atomic E-state index is -4.52. The summed E-state index contributed by atoms with van der Waals surface area (Å²) in [4.78, 5) is 13.2. The van der Waals surface area contributed by atoms with Crippen molar-refractivity contribution in [3.8, 4) is 16.6 Å². The molecular weight excluding hydrogens is 485 g/mol.